The third-order valence-corrected chi connectivity index (χ3v) is 2.69. The highest BCUT2D eigenvalue weighted by Crippen LogP contribution is 2.17. The standard InChI is InChI=1S/C12H22N2O3/c1-12(2,3)17-11(16)13-6-4-10-5-7-14(8-10)9-15/h9-10H,4-8H2,1-3H3,(H,13,16). The zero-order valence-electron chi connectivity index (χ0n) is 10.9. The SMILES string of the molecule is CC(C)(C)OC(=O)NCCC1CCN(C=O)C1. The van der Waals surface area contributed by atoms with Crippen molar-refractivity contribution in [1.82, 2.24) is 10.2 Å². The van der Waals surface area contributed by atoms with Crippen molar-refractivity contribution in [3.05, 3.63) is 0 Å². The molecule has 1 N–H and O–H groups in total. The second-order valence-corrected chi connectivity index (χ2v) is 5.47. The van der Waals surface area contributed by atoms with Gasteiger partial charge in [0.2, 0.25) is 6.41 Å². The van der Waals surface area contributed by atoms with E-state index in [0.717, 1.165) is 32.3 Å². The van der Waals surface area contributed by atoms with Crippen molar-refractivity contribution in [3.63, 3.8) is 0 Å². The van der Waals surface area contributed by atoms with Crippen LogP contribution in [0.3, 0.4) is 0 Å². The number of carbonyl (C=O) groups excluding carboxylic acids is 2. The van der Waals surface area contributed by atoms with Crippen LogP contribution in [0.5, 0.6) is 0 Å². The first-order valence-electron chi connectivity index (χ1n) is 6.07. The maximum atomic E-state index is 11.4. The van der Waals surface area contributed by atoms with Gasteiger partial charge in [-0.3, -0.25) is 4.79 Å². The Morgan fingerprint density at radius 3 is 2.76 bits per heavy atom. The third kappa shape index (κ3) is 5.56. The molecule has 0 saturated carbocycles. The van der Waals surface area contributed by atoms with E-state index in [9.17, 15) is 9.59 Å². The molecule has 1 aliphatic heterocycles. The second-order valence-electron chi connectivity index (χ2n) is 5.47. The summed E-state index contributed by atoms with van der Waals surface area (Å²) < 4.78 is 5.13. The molecular formula is C12H22N2O3. The average molecular weight is 242 g/mol. The summed E-state index contributed by atoms with van der Waals surface area (Å²) in [6.07, 6.45) is 2.43. The monoisotopic (exact) mass is 242 g/mol. The molecule has 1 saturated heterocycles. The van der Waals surface area contributed by atoms with Gasteiger partial charge in [0.05, 0.1) is 0 Å². The van der Waals surface area contributed by atoms with Crippen LogP contribution in [0.2, 0.25) is 0 Å². The molecule has 2 amide bonds. The number of likely N-dealkylation sites (tertiary alicyclic amines) is 1. The highest BCUT2D eigenvalue weighted by Gasteiger charge is 2.21. The van der Waals surface area contributed by atoms with Gasteiger partial charge in [-0.05, 0) is 39.5 Å². The molecule has 0 aromatic carbocycles. The van der Waals surface area contributed by atoms with Gasteiger partial charge in [-0.25, -0.2) is 4.79 Å². The second kappa shape index (κ2) is 5.89. The predicted molar refractivity (Wildman–Crippen MR) is 64.6 cm³/mol. The Labute approximate surface area is 102 Å². The zero-order valence-corrected chi connectivity index (χ0v) is 10.9. The van der Waals surface area contributed by atoms with Crippen molar-refractivity contribution in [2.24, 2.45) is 5.92 Å². The fourth-order valence-electron chi connectivity index (χ4n) is 1.89. The molecule has 1 atom stereocenters. The van der Waals surface area contributed by atoms with Crippen LogP contribution in [0.1, 0.15) is 33.6 Å². The summed E-state index contributed by atoms with van der Waals surface area (Å²) in [6, 6.07) is 0. The quantitative estimate of drug-likeness (QED) is 0.758. The van der Waals surface area contributed by atoms with Gasteiger partial charge < -0.3 is 15.0 Å². The van der Waals surface area contributed by atoms with Crippen molar-refractivity contribution in [2.45, 2.75) is 39.2 Å². The Morgan fingerprint density at radius 2 is 2.24 bits per heavy atom. The number of amides is 2. The lowest BCUT2D eigenvalue weighted by Gasteiger charge is -2.20. The number of nitrogens with one attached hydrogen (secondary N) is 1. The molecule has 5 nitrogen and oxygen atoms in total. The van der Waals surface area contributed by atoms with Crippen molar-refractivity contribution in [2.75, 3.05) is 19.6 Å². The number of carbonyl (C=O) groups is 2. The lowest BCUT2D eigenvalue weighted by Crippen LogP contribution is -2.33. The molecule has 98 valence electrons. The highest BCUT2D eigenvalue weighted by molar-refractivity contribution is 5.67. The van der Waals surface area contributed by atoms with Crippen molar-refractivity contribution >= 4 is 12.5 Å². The van der Waals surface area contributed by atoms with Gasteiger partial charge in [-0.2, -0.15) is 0 Å². The van der Waals surface area contributed by atoms with E-state index >= 15 is 0 Å². The molecule has 0 aliphatic carbocycles. The summed E-state index contributed by atoms with van der Waals surface area (Å²) in [7, 11) is 0. The van der Waals surface area contributed by atoms with Crippen LogP contribution in [0.15, 0.2) is 0 Å². The van der Waals surface area contributed by atoms with Gasteiger partial charge in [-0.1, -0.05) is 0 Å². The summed E-state index contributed by atoms with van der Waals surface area (Å²) in [6.45, 7) is 7.76. The molecule has 5 heteroatoms. The molecule has 0 radical (unpaired) electrons. The topological polar surface area (TPSA) is 58.6 Å². The van der Waals surface area contributed by atoms with Crippen LogP contribution in [0.25, 0.3) is 0 Å². The fraction of sp³-hybridized carbons (Fsp3) is 0.833. The fourth-order valence-corrected chi connectivity index (χ4v) is 1.89. The van der Waals surface area contributed by atoms with Crippen LogP contribution >= 0.6 is 0 Å². The van der Waals surface area contributed by atoms with E-state index in [-0.39, 0.29) is 6.09 Å². The molecule has 0 aromatic rings. The number of alkyl carbamates (subject to hydrolysis) is 1. The van der Waals surface area contributed by atoms with Gasteiger partial charge >= 0.3 is 6.09 Å². The highest BCUT2D eigenvalue weighted by atomic mass is 16.6. The van der Waals surface area contributed by atoms with E-state index in [1.54, 1.807) is 4.90 Å². The lowest BCUT2D eigenvalue weighted by molar-refractivity contribution is -0.117. The maximum absolute atomic E-state index is 11.4. The van der Waals surface area contributed by atoms with Gasteiger partial charge in [-0.15, -0.1) is 0 Å². The Kier molecular flexibility index (Phi) is 4.78. The molecule has 1 fully saturated rings. The molecule has 0 spiro atoms. The van der Waals surface area contributed by atoms with E-state index in [1.807, 2.05) is 20.8 Å². The number of hydrogen-bond acceptors (Lipinski definition) is 3. The number of hydrogen-bond donors (Lipinski definition) is 1. The predicted octanol–water partition coefficient (Wildman–Crippen LogP) is 1.38. The average Bonchev–Trinajstić information content (AvgIpc) is 2.63. The van der Waals surface area contributed by atoms with E-state index in [2.05, 4.69) is 5.32 Å². The van der Waals surface area contributed by atoms with E-state index in [0.29, 0.717) is 12.5 Å². The summed E-state index contributed by atoms with van der Waals surface area (Å²) >= 11 is 0. The zero-order chi connectivity index (χ0) is 12.9. The van der Waals surface area contributed by atoms with Crippen LogP contribution < -0.4 is 5.32 Å². The summed E-state index contributed by atoms with van der Waals surface area (Å²) in [5.41, 5.74) is -0.453. The first-order chi connectivity index (χ1) is 7.90. The van der Waals surface area contributed by atoms with Gasteiger partial charge in [0.25, 0.3) is 0 Å². The molecular weight excluding hydrogens is 220 g/mol. The minimum absolute atomic E-state index is 0.372. The maximum Gasteiger partial charge on any atom is 0.407 e. The summed E-state index contributed by atoms with van der Waals surface area (Å²) in [4.78, 5) is 23.7. The summed E-state index contributed by atoms with van der Waals surface area (Å²) in [5.74, 6) is 0.495. The lowest BCUT2D eigenvalue weighted by atomic mass is 10.1. The molecule has 17 heavy (non-hydrogen) atoms. The van der Waals surface area contributed by atoms with E-state index in [1.165, 1.54) is 0 Å². The number of nitrogens with zero attached hydrogens (tertiary/aromatic N) is 1. The Bertz CT molecular complexity index is 273. The molecule has 1 rings (SSSR count). The van der Waals surface area contributed by atoms with Crippen molar-refractivity contribution in [1.29, 1.82) is 0 Å². The van der Waals surface area contributed by atoms with Crippen molar-refractivity contribution in [3.8, 4) is 0 Å². The Hall–Kier alpha value is -1.26. The minimum Gasteiger partial charge on any atom is -0.444 e. The van der Waals surface area contributed by atoms with Gasteiger partial charge in [0.15, 0.2) is 0 Å². The van der Waals surface area contributed by atoms with Crippen LogP contribution in [-0.4, -0.2) is 42.6 Å². The van der Waals surface area contributed by atoms with Gasteiger partial charge in [0, 0.05) is 19.6 Å². The van der Waals surface area contributed by atoms with Crippen molar-refractivity contribution < 1.29 is 14.3 Å². The van der Waals surface area contributed by atoms with Gasteiger partial charge in [0.1, 0.15) is 5.60 Å². The van der Waals surface area contributed by atoms with E-state index in [4.69, 9.17) is 4.74 Å². The third-order valence-electron chi connectivity index (χ3n) is 2.69. The molecule has 0 aromatic heterocycles. The minimum atomic E-state index is -0.453. The first kappa shape index (κ1) is 13.8. The number of ether oxygens (including phenoxy) is 1. The van der Waals surface area contributed by atoms with Crippen LogP contribution in [-0.2, 0) is 9.53 Å². The largest absolute Gasteiger partial charge is 0.444 e. The number of rotatable bonds is 4. The van der Waals surface area contributed by atoms with E-state index < -0.39 is 5.60 Å². The molecule has 1 heterocycles. The Morgan fingerprint density at radius 1 is 1.53 bits per heavy atom. The first-order valence-corrected chi connectivity index (χ1v) is 6.07. The summed E-state index contributed by atoms with van der Waals surface area (Å²) in [5, 5.41) is 2.73. The van der Waals surface area contributed by atoms with Crippen LogP contribution in [0, 0.1) is 5.92 Å². The molecule has 0 bridgehead atoms. The smallest absolute Gasteiger partial charge is 0.407 e. The Balaban J connectivity index is 2.12. The normalized spacial score (nSPS) is 20.2. The van der Waals surface area contributed by atoms with Crippen LogP contribution in [0.4, 0.5) is 4.79 Å². The molecule has 1 unspecified atom stereocenters. The molecule has 1 aliphatic rings.